The van der Waals surface area contributed by atoms with Crippen LogP contribution in [0.3, 0.4) is 0 Å². The van der Waals surface area contributed by atoms with Crippen LogP contribution in [0.5, 0.6) is 0 Å². The predicted octanol–water partition coefficient (Wildman–Crippen LogP) is 2.65. The summed E-state index contributed by atoms with van der Waals surface area (Å²) in [5, 5.41) is 0. The molecule has 1 aliphatic heterocycles. The lowest BCUT2D eigenvalue weighted by Gasteiger charge is -2.36. The Morgan fingerprint density at radius 3 is 2.61 bits per heavy atom. The number of hydrogen-bond donors (Lipinski definition) is 1. The fourth-order valence-corrected chi connectivity index (χ4v) is 3.16. The monoisotopic (exact) mass is 243 g/mol. The molecule has 3 nitrogen and oxygen atoms in total. The minimum absolute atomic E-state index is 0.134. The first kappa shape index (κ1) is 11.7. The zero-order valence-corrected chi connectivity index (χ0v) is 10.8. The summed E-state index contributed by atoms with van der Waals surface area (Å²) in [5.41, 5.74) is 9.10. The highest BCUT2D eigenvalue weighted by molar-refractivity contribution is 5.82. The van der Waals surface area contributed by atoms with E-state index >= 15 is 0 Å². The number of nitrogens with two attached hydrogens (primary N) is 1. The highest BCUT2D eigenvalue weighted by atomic mass is 15.2. The third-order valence-electron chi connectivity index (χ3n) is 4.19. The van der Waals surface area contributed by atoms with E-state index in [2.05, 4.69) is 34.2 Å². The second kappa shape index (κ2) is 4.73. The molecular formula is C15H21N3. The molecule has 0 bridgehead atoms. The van der Waals surface area contributed by atoms with Crippen molar-refractivity contribution in [2.75, 3.05) is 18.0 Å². The van der Waals surface area contributed by atoms with Crippen molar-refractivity contribution in [2.45, 2.75) is 37.6 Å². The highest BCUT2D eigenvalue weighted by Crippen LogP contribution is 2.39. The van der Waals surface area contributed by atoms with Gasteiger partial charge >= 0.3 is 0 Å². The Labute approximate surface area is 109 Å². The van der Waals surface area contributed by atoms with Crippen LogP contribution in [0, 0.1) is 0 Å². The third kappa shape index (κ3) is 2.03. The lowest BCUT2D eigenvalue weighted by molar-refractivity contribution is 0.303. The Kier molecular flexibility index (Phi) is 3.08. The SMILES string of the molecule is NC1(c2ccccc2N2C=NCC2)CCCCC1. The van der Waals surface area contributed by atoms with Crippen LogP contribution in [0.2, 0.25) is 0 Å². The maximum atomic E-state index is 6.68. The molecule has 18 heavy (non-hydrogen) atoms. The molecule has 0 spiro atoms. The molecule has 0 amide bonds. The first-order valence-electron chi connectivity index (χ1n) is 6.95. The molecule has 0 atom stereocenters. The zero-order chi connectivity index (χ0) is 12.4. The smallest absolute Gasteiger partial charge is 0.0895 e. The van der Waals surface area contributed by atoms with Crippen LogP contribution >= 0.6 is 0 Å². The van der Waals surface area contributed by atoms with Crippen LogP contribution in [-0.2, 0) is 5.54 Å². The Hall–Kier alpha value is -1.35. The van der Waals surface area contributed by atoms with Crippen LogP contribution in [0.4, 0.5) is 5.69 Å². The first-order chi connectivity index (χ1) is 8.80. The van der Waals surface area contributed by atoms with E-state index in [-0.39, 0.29) is 5.54 Å². The van der Waals surface area contributed by atoms with Crippen LogP contribution < -0.4 is 10.6 Å². The quantitative estimate of drug-likeness (QED) is 0.867. The minimum Gasteiger partial charge on any atom is -0.331 e. The van der Waals surface area contributed by atoms with Crippen molar-refractivity contribution in [1.29, 1.82) is 0 Å². The molecule has 3 rings (SSSR count). The van der Waals surface area contributed by atoms with Gasteiger partial charge in [-0.25, -0.2) is 0 Å². The molecule has 1 aliphatic carbocycles. The fraction of sp³-hybridized carbons (Fsp3) is 0.533. The summed E-state index contributed by atoms with van der Waals surface area (Å²) in [6.45, 7) is 1.87. The molecule has 0 aromatic heterocycles. The van der Waals surface area contributed by atoms with Gasteiger partial charge in [0.05, 0.1) is 12.9 Å². The van der Waals surface area contributed by atoms with Crippen LogP contribution in [0.25, 0.3) is 0 Å². The van der Waals surface area contributed by atoms with Gasteiger partial charge in [0, 0.05) is 17.8 Å². The van der Waals surface area contributed by atoms with Gasteiger partial charge < -0.3 is 10.6 Å². The summed E-state index contributed by atoms with van der Waals surface area (Å²) in [4.78, 5) is 6.54. The predicted molar refractivity (Wildman–Crippen MR) is 76.1 cm³/mol. The molecule has 0 saturated heterocycles. The van der Waals surface area contributed by atoms with Gasteiger partial charge in [0.15, 0.2) is 0 Å². The molecule has 1 aromatic carbocycles. The second-order valence-corrected chi connectivity index (χ2v) is 5.45. The van der Waals surface area contributed by atoms with Crippen molar-refractivity contribution in [3.05, 3.63) is 29.8 Å². The number of anilines is 1. The maximum Gasteiger partial charge on any atom is 0.0895 e. The summed E-state index contributed by atoms with van der Waals surface area (Å²) in [7, 11) is 0. The van der Waals surface area contributed by atoms with Gasteiger partial charge in [0.1, 0.15) is 0 Å². The van der Waals surface area contributed by atoms with Crippen LogP contribution in [0.1, 0.15) is 37.7 Å². The van der Waals surface area contributed by atoms with Gasteiger partial charge in [-0.15, -0.1) is 0 Å². The van der Waals surface area contributed by atoms with Gasteiger partial charge in [-0.2, -0.15) is 0 Å². The summed E-state index contributed by atoms with van der Waals surface area (Å²) < 4.78 is 0. The number of para-hydroxylation sites is 1. The molecule has 96 valence electrons. The van der Waals surface area contributed by atoms with E-state index in [0.717, 1.165) is 25.9 Å². The zero-order valence-electron chi connectivity index (χ0n) is 10.8. The highest BCUT2D eigenvalue weighted by Gasteiger charge is 2.32. The van der Waals surface area contributed by atoms with Crippen molar-refractivity contribution < 1.29 is 0 Å². The summed E-state index contributed by atoms with van der Waals surface area (Å²) in [6.07, 6.45) is 7.99. The van der Waals surface area contributed by atoms with Gasteiger partial charge in [-0.05, 0) is 24.5 Å². The van der Waals surface area contributed by atoms with Gasteiger partial charge in [0.2, 0.25) is 0 Å². The van der Waals surface area contributed by atoms with E-state index < -0.39 is 0 Å². The van der Waals surface area contributed by atoms with E-state index in [1.54, 1.807) is 0 Å². The van der Waals surface area contributed by atoms with E-state index in [0.29, 0.717) is 0 Å². The number of benzene rings is 1. The Balaban J connectivity index is 1.97. The molecule has 0 radical (unpaired) electrons. The van der Waals surface area contributed by atoms with Gasteiger partial charge in [-0.1, -0.05) is 37.5 Å². The molecule has 1 heterocycles. The average Bonchev–Trinajstić information content (AvgIpc) is 2.93. The lowest BCUT2D eigenvalue weighted by Crippen LogP contribution is -2.40. The Morgan fingerprint density at radius 1 is 1.11 bits per heavy atom. The Morgan fingerprint density at radius 2 is 1.89 bits per heavy atom. The van der Waals surface area contributed by atoms with Crippen LogP contribution in [0.15, 0.2) is 29.3 Å². The second-order valence-electron chi connectivity index (χ2n) is 5.45. The molecule has 0 unspecified atom stereocenters. The molecule has 1 aromatic rings. The van der Waals surface area contributed by atoms with Crippen molar-refractivity contribution in [3.8, 4) is 0 Å². The molecule has 2 N–H and O–H groups in total. The van der Waals surface area contributed by atoms with Gasteiger partial charge in [0.25, 0.3) is 0 Å². The molecular weight excluding hydrogens is 222 g/mol. The third-order valence-corrected chi connectivity index (χ3v) is 4.19. The molecule has 1 fully saturated rings. The standard InChI is InChI=1S/C15H21N3/c16-15(8-4-1-5-9-15)13-6-2-3-7-14(13)18-11-10-17-12-18/h2-3,6-7,12H,1,4-5,8-11,16H2. The first-order valence-corrected chi connectivity index (χ1v) is 6.95. The summed E-state index contributed by atoms with van der Waals surface area (Å²) >= 11 is 0. The number of hydrogen-bond acceptors (Lipinski definition) is 3. The Bertz CT molecular complexity index is 447. The van der Waals surface area contributed by atoms with Crippen LogP contribution in [-0.4, -0.2) is 19.4 Å². The average molecular weight is 243 g/mol. The lowest BCUT2D eigenvalue weighted by atomic mass is 9.76. The molecule has 2 aliphatic rings. The van der Waals surface area contributed by atoms with Crippen molar-refractivity contribution in [1.82, 2.24) is 0 Å². The molecule has 1 saturated carbocycles. The van der Waals surface area contributed by atoms with Crippen molar-refractivity contribution in [2.24, 2.45) is 10.7 Å². The number of nitrogens with zero attached hydrogens (tertiary/aromatic N) is 2. The maximum absolute atomic E-state index is 6.68. The van der Waals surface area contributed by atoms with E-state index in [1.165, 1.54) is 30.5 Å². The number of aliphatic imine (C=N–C) groups is 1. The van der Waals surface area contributed by atoms with Crippen molar-refractivity contribution >= 4 is 12.0 Å². The number of rotatable bonds is 2. The van der Waals surface area contributed by atoms with E-state index in [1.807, 2.05) is 6.34 Å². The summed E-state index contributed by atoms with van der Waals surface area (Å²) in [6, 6.07) is 8.58. The largest absolute Gasteiger partial charge is 0.331 e. The minimum atomic E-state index is -0.134. The topological polar surface area (TPSA) is 41.6 Å². The normalized spacial score (nSPS) is 22.4. The van der Waals surface area contributed by atoms with Crippen molar-refractivity contribution in [3.63, 3.8) is 0 Å². The fourth-order valence-electron chi connectivity index (χ4n) is 3.16. The van der Waals surface area contributed by atoms with Gasteiger partial charge in [-0.3, -0.25) is 4.99 Å². The van der Waals surface area contributed by atoms with E-state index in [4.69, 9.17) is 5.73 Å². The summed E-state index contributed by atoms with van der Waals surface area (Å²) in [5.74, 6) is 0. The molecule has 3 heteroatoms. The van der Waals surface area contributed by atoms with E-state index in [9.17, 15) is 0 Å².